The van der Waals surface area contributed by atoms with Crippen LogP contribution in [-0.4, -0.2) is 0 Å². The van der Waals surface area contributed by atoms with Crippen molar-refractivity contribution < 1.29 is 0 Å². The summed E-state index contributed by atoms with van der Waals surface area (Å²) < 4.78 is 0. The third-order valence-electron chi connectivity index (χ3n) is 24.5. The van der Waals surface area contributed by atoms with Crippen LogP contribution >= 0.6 is 0 Å². The minimum atomic E-state index is 1.37. The first kappa shape index (κ1) is 100. The zero-order valence-electron chi connectivity index (χ0n) is 71.3. The SMILES string of the molecule is CCCCCCCCCCCCCCCCCCCCCCCCCCCCCCCCCCCCCCCCCCCCCCCCCCCCCCCCCCCCCCCCCCCCCCCCCCCCCCCCCCCCCCCCCCCCCCCCCCCC. The van der Waals surface area contributed by atoms with Crippen LogP contribution in [0.3, 0.4) is 0 Å². The fourth-order valence-corrected chi connectivity index (χ4v) is 17.1. The quantitative estimate of drug-likeness (QED) is 0.0533. The number of unbranched alkanes of at least 4 members (excludes halogenated alkanes) is 97. The maximum Gasteiger partial charge on any atom is -0.0533 e. The molecule has 0 fully saturated rings. The van der Waals surface area contributed by atoms with Crippen molar-refractivity contribution in [2.45, 2.75) is 643 Å². The van der Waals surface area contributed by atoms with E-state index in [0.29, 0.717) is 0 Å². The van der Waals surface area contributed by atoms with Crippen LogP contribution in [0.25, 0.3) is 0 Å². The van der Waals surface area contributed by atoms with Crippen LogP contribution < -0.4 is 0 Å². The summed E-state index contributed by atoms with van der Waals surface area (Å²) in [4.78, 5) is 0. The lowest BCUT2D eigenvalue weighted by Gasteiger charge is -2.05. The van der Waals surface area contributed by atoms with Crippen molar-refractivity contribution >= 4 is 0 Å². The van der Waals surface area contributed by atoms with Crippen LogP contribution in [0.2, 0.25) is 0 Å². The van der Waals surface area contributed by atoms with E-state index in [4.69, 9.17) is 0 Å². The van der Waals surface area contributed by atoms with Gasteiger partial charge in [-0.25, -0.2) is 0 Å². The fourth-order valence-electron chi connectivity index (χ4n) is 17.1. The second kappa shape index (κ2) is 99.0. The van der Waals surface area contributed by atoms with E-state index in [1.54, 1.807) is 0 Å². The van der Waals surface area contributed by atoms with E-state index in [-0.39, 0.29) is 0 Å². The molecular weight excluding hydrogens is 1200 g/mol. The smallest absolute Gasteiger partial charge is 0.0533 e. The largest absolute Gasteiger partial charge is 0.0654 e. The molecule has 0 aliphatic heterocycles. The van der Waals surface area contributed by atoms with Crippen LogP contribution in [0, 0.1) is 0 Å². The zero-order valence-corrected chi connectivity index (χ0v) is 71.3. The molecule has 0 saturated heterocycles. The van der Waals surface area contributed by atoms with E-state index in [2.05, 4.69) is 13.8 Å². The predicted octanol–water partition coefficient (Wildman–Crippen LogP) is 39.3. The summed E-state index contributed by atoms with van der Waals surface area (Å²) in [7, 11) is 0. The minimum absolute atomic E-state index is 1.37. The molecule has 0 amide bonds. The average molecular weight is 1400 g/mol. The molecule has 0 nitrogen and oxygen atoms in total. The van der Waals surface area contributed by atoms with E-state index in [9.17, 15) is 0 Å². The second-order valence-corrected chi connectivity index (χ2v) is 34.9. The van der Waals surface area contributed by atoms with Gasteiger partial charge in [-0.3, -0.25) is 0 Å². The van der Waals surface area contributed by atoms with E-state index in [0.717, 1.165) is 0 Å². The highest BCUT2D eigenvalue weighted by Crippen LogP contribution is 2.24. The van der Waals surface area contributed by atoms with Gasteiger partial charge in [-0.15, -0.1) is 0 Å². The monoisotopic (exact) mass is 1400 g/mol. The zero-order chi connectivity index (χ0) is 71.3. The van der Waals surface area contributed by atoms with Crippen molar-refractivity contribution in [1.82, 2.24) is 0 Å². The first-order valence-corrected chi connectivity index (χ1v) is 49.9. The van der Waals surface area contributed by atoms with Crippen molar-refractivity contribution in [2.24, 2.45) is 0 Å². The molecule has 0 aliphatic carbocycles. The van der Waals surface area contributed by atoms with E-state index >= 15 is 0 Å². The summed E-state index contributed by atoms with van der Waals surface area (Å²) in [5.74, 6) is 0. The van der Waals surface area contributed by atoms with Gasteiger partial charge in [-0.05, 0) is 0 Å². The van der Waals surface area contributed by atoms with Crippen LogP contribution in [-0.2, 0) is 0 Å². The Bertz CT molecular complexity index is 1200. The molecule has 0 aliphatic rings. The Labute approximate surface area is 639 Å². The van der Waals surface area contributed by atoms with Crippen molar-refractivity contribution in [2.75, 3.05) is 0 Å². The Morgan fingerprint density at radius 2 is 0.0800 bits per heavy atom. The van der Waals surface area contributed by atoms with Gasteiger partial charge in [-0.2, -0.15) is 0 Å². The van der Waals surface area contributed by atoms with Gasteiger partial charge in [0, 0.05) is 0 Å². The van der Waals surface area contributed by atoms with Gasteiger partial charge >= 0.3 is 0 Å². The van der Waals surface area contributed by atoms with Gasteiger partial charge in [0.2, 0.25) is 0 Å². The van der Waals surface area contributed by atoms with Crippen LogP contribution in [0.5, 0.6) is 0 Å². The summed E-state index contributed by atoms with van der Waals surface area (Å²) in [5, 5.41) is 0. The van der Waals surface area contributed by atoms with Gasteiger partial charge in [0.05, 0.1) is 0 Å². The Morgan fingerprint density at radius 1 is 0.0500 bits per heavy atom. The maximum atomic E-state index is 2.32. The molecule has 0 heteroatoms. The van der Waals surface area contributed by atoms with Gasteiger partial charge < -0.3 is 0 Å². The summed E-state index contributed by atoms with van der Waals surface area (Å²) in [5.41, 5.74) is 0. The predicted molar refractivity (Wildman–Crippen MR) is 464 cm³/mol. The van der Waals surface area contributed by atoms with Crippen molar-refractivity contribution in [3.05, 3.63) is 0 Å². The summed E-state index contributed by atoms with van der Waals surface area (Å²) in [6.07, 6.45) is 146. The molecule has 0 atom stereocenters. The third-order valence-corrected chi connectivity index (χ3v) is 24.5. The molecular formula is C100H202. The van der Waals surface area contributed by atoms with Crippen molar-refractivity contribution in [3.63, 3.8) is 0 Å². The van der Waals surface area contributed by atoms with Crippen LogP contribution in [0.4, 0.5) is 0 Å². The van der Waals surface area contributed by atoms with Gasteiger partial charge in [0.25, 0.3) is 0 Å². The Balaban J connectivity index is 3.09. The first-order valence-electron chi connectivity index (χ1n) is 49.9. The molecule has 0 N–H and O–H groups in total. The molecule has 0 bridgehead atoms. The minimum Gasteiger partial charge on any atom is -0.0654 e. The van der Waals surface area contributed by atoms with Crippen molar-refractivity contribution in [3.8, 4) is 0 Å². The molecule has 0 heterocycles. The summed E-state index contributed by atoms with van der Waals surface area (Å²) in [6, 6.07) is 0. The van der Waals surface area contributed by atoms with Gasteiger partial charge in [-0.1, -0.05) is 643 Å². The number of hydrogen-bond donors (Lipinski definition) is 0. The topological polar surface area (TPSA) is 0 Å². The maximum absolute atomic E-state index is 2.32. The average Bonchev–Trinajstić information content (AvgIpc) is 3.66. The molecule has 0 aromatic heterocycles. The Morgan fingerprint density at radius 3 is 0.110 bits per heavy atom. The first-order chi connectivity index (χ1) is 49.9. The Hall–Kier alpha value is 0. The fraction of sp³-hybridized carbons (Fsp3) is 1.00. The molecule has 100 heavy (non-hydrogen) atoms. The molecule has 0 aromatic carbocycles. The molecule has 0 rings (SSSR count). The second-order valence-electron chi connectivity index (χ2n) is 34.9. The van der Waals surface area contributed by atoms with Gasteiger partial charge in [0.15, 0.2) is 0 Å². The normalized spacial score (nSPS) is 11.8. The Kier molecular flexibility index (Phi) is 99.0. The molecule has 0 radical (unpaired) electrons. The van der Waals surface area contributed by atoms with Gasteiger partial charge in [0.1, 0.15) is 0 Å². The van der Waals surface area contributed by atoms with Crippen molar-refractivity contribution in [1.29, 1.82) is 0 Å². The summed E-state index contributed by atoms with van der Waals surface area (Å²) >= 11 is 0. The highest BCUT2D eigenvalue weighted by atomic mass is 14.1. The number of hydrogen-bond acceptors (Lipinski definition) is 0. The lowest BCUT2D eigenvalue weighted by molar-refractivity contribution is 0.505. The highest BCUT2D eigenvalue weighted by molar-refractivity contribution is 4.59. The lowest BCUT2D eigenvalue weighted by atomic mass is 10.0. The third kappa shape index (κ3) is 98.0. The molecule has 602 valence electrons. The molecule has 0 aromatic rings. The summed E-state index contributed by atoms with van der Waals surface area (Å²) in [6.45, 7) is 4.63. The van der Waals surface area contributed by atoms with E-state index in [1.165, 1.54) is 629 Å². The molecule has 0 unspecified atom stereocenters. The van der Waals surface area contributed by atoms with E-state index < -0.39 is 0 Å². The van der Waals surface area contributed by atoms with Crippen LogP contribution in [0.1, 0.15) is 643 Å². The standard InChI is InChI=1S/C100H202/c1-3-5-7-9-11-13-15-17-19-21-23-25-27-29-31-33-35-37-39-41-43-45-47-49-51-53-55-57-59-61-63-65-67-69-71-73-75-77-79-81-83-85-87-89-91-93-95-97-99-100-98-96-94-92-90-88-86-84-82-80-78-76-74-72-70-68-66-64-62-60-58-56-54-52-50-48-46-44-42-40-38-36-34-32-30-28-26-24-22-20-18-16-14-12-10-8-6-4-2/h3-100H2,1-2H3. The molecule has 0 spiro atoms. The van der Waals surface area contributed by atoms with Crippen LogP contribution in [0.15, 0.2) is 0 Å². The highest BCUT2D eigenvalue weighted by Gasteiger charge is 2.04. The lowest BCUT2D eigenvalue weighted by Crippen LogP contribution is -1.85. The molecule has 0 saturated carbocycles. The van der Waals surface area contributed by atoms with E-state index in [1.807, 2.05) is 0 Å². The number of rotatable bonds is 97.